The van der Waals surface area contributed by atoms with Crippen LogP contribution >= 0.6 is 0 Å². The Hall–Kier alpha value is -1.26. The number of ketones is 1. The van der Waals surface area contributed by atoms with E-state index in [2.05, 4.69) is 5.32 Å². The van der Waals surface area contributed by atoms with Crippen LogP contribution < -0.4 is 5.32 Å². The average Bonchev–Trinajstić information content (AvgIpc) is 2.33. The molecule has 1 saturated heterocycles. The summed E-state index contributed by atoms with van der Waals surface area (Å²) in [7, 11) is 0. The number of hydrogen-bond donors (Lipinski definition) is 1. The van der Waals surface area contributed by atoms with Crippen molar-refractivity contribution in [1.29, 1.82) is 0 Å². The van der Waals surface area contributed by atoms with Gasteiger partial charge in [-0.05, 0) is 17.7 Å². The molecule has 0 saturated carbocycles. The van der Waals surface area contributed by atoms with Gasteiger partial charge in [0, 0.05) is 19.5 Å². The molecule has 1 atom stereocenters. The highest BCUT2D eigenvalue weighted by Crippen LogP contribution is 2.07. The van der Waals surface area contributed by atoms with Gasteiger partial charge in [0.05, 0.1) is 6.61 Å². The first-order valence-electron chi connectivity index (χ1n) is 5.35. The van der Waals surface area contributed by atoms with Gasteiger partial charge < -0.3 is 10.1 Å². The third kappa shape index (κ3) is 2.87. The number of ether oxygens (including phenoxy) is 1. The molecule has 0 radical (unpaired) electrons. The van der Waals surface area contributed by atoms with E-state index >= 15 is 0 Å². The summed E-state index contributed by atoms with van der Waals surface area (Å²) in [6, 6.07) is 5.98. The quantitative estimate of drug-likeness (QED) is 0.828. The van der Waals surface area contributed by atoms with Crippen molar-refractivity contribution in [2.24, 2.45) is 0 Å². The first-order valence-corrected chi connectivity index (χ1v) is 5.35. The number of hydrogen-bond acceptors (Lipinski definition) is 3. The maximum Gasteiger partial charge on any atom is 0.167 e. The standard InChI is InChI=1S/C12H14FNO2/c13-10-3-1-9(2-4-10)7-11(15)12-8-14-5-6-16-12/h1-4,12,14H,5-8H2. The van der Waals surface area contributed by atoms with E-state index in [9.17, 15) is 9.18 Å². The summed E-state index contributed by atoms with van der Waals surface area (Å²) < 4.78 is 18.0. The third-order valence-electron chi connectivity index (χ3n) is 2.58. The zero-order valence-electron chi connectivity index (χ0n) is 8.91. The lowest BCUT2D eigenvalue weighted by molar-refractivity contribution is -0.131. The van der Waals surface area contributed by atoms with Gasteiger partial charge in [-0.3, -0.25) is 4.79 Å². The highest BCUT2D eigenvalue weighted by molar-refractivity contribution is 5.85. The Morgan fingerprint density at radius 1 is 1.44 bits per heavy atom. The molecule has 0 spiro atoms. The van der Waals surface area contributed by atoms with Gasteiger partial charge in [-0.1, -0.05) is 12.1 Å². The van der Waals surface area contributed by atoms with Crippen molar-refractivity contribution in [3.05, 3.63) is 35.6 Å². The molecule has 3 nitrogen and oxygen atoms in total. The molecule has 1 N–H and O–H groups in total. The summed E-state index contributed by atoms with van der Waals surface area (Å²) in [5, 5.41) is 3.10. The van der Waals surface area contributed by atoms with Crippen molar-refractivity contribution in [3.8, 4) is 0 Å². The topological polar surface area (TPSA) is 38.3 Å². The fourth-order valence-electron chi connectivity index (χ4n) is 1.69. The molecule has 1 aliphatic rings. The van der Waals surface area contributed by atoms with Gasteiger partial charge in [-0.25, -0.2) is 4.39 Å². The van der Waals surface area contributed by atoms with Crippen LogP contribution in [0.25, 0.3) is 0 Å². The molecule has 0 amide bonds. The van der Waals surface area contributed by atoms with E-state index in [-0.39, 0.29) is 17.7 Å². The predicted octanol–water partition coefficient (Wildman–Crippen LogP) is 0.926. The van der Waals surface area contributed by atoms with Crippen molar-refractivity contribution >= 4 is 5.78 Å². The molecule has 1 fully saturated rings. The van der Waals surface area contributed by atoms with E-state index in [1.165, 1.54) is 12.1 Å². The lowest BCUT2D eigenvalue weighted by Gasteiger charge is -2.22. The van der Waals surface area contributed by atoms with E-state index in [0.29, 0.717) is 19.6 Å². The highest BCUT2D eigenvalue weighted by atomic mass is 19.1. The number of carbonyl (C=O) groups excluding carboxylic acids is 1. The molecule has 86 valence electrons. The van der Waals surface area contributed by atoms with Crippen molar-refractivity contribution in [1.82, 2.24) is 5.32 Å². The van der Waals surface area contributed by atoms with Crippen LogP contribution in [0, 0.1) is 5.82 Å². The van der Waals surface area contributed by atoms with E-state index < -0.39 is 0 Å². The van der Waals surface area contributed by atoms with Crippen LogP contribution in [0.15, 0.2) is 24.3 Å². The molecule has 0 bridgehead atoms. The maximum atomic E-state index is 12.7. The van der Waals surface area contributed by atoms with Gasteiger partial charge in [0.25, 0.3) is 0 Å². The summed E-state index contributed by atoms with van der Waals surface area (Å²) in [6.45, 7) is 1.93. The van der Waals surface area contributed by atoms with Crippen LogP contribution in [-0.4, -0.2) is 31.6 Å². The number of Topliss-reactive ketones (excluding diaryl/α,β-unsaturated/α-hetero) is 1. The van der Waals surface area contributed by atoms with E-state index in [4.69, 9.17) is 4.74 Å². The number of rotatable bonds is 3. The van der Waals surface area contributed by atoms with Crippen LogP contribution in [0.3, 0.4) is 0 Å². The highest BCUT2D eigenvalue weighted by Gasteiger charge is 2.21. The van der Waals surface area contributed by atoms with Crippen LogP contribution in [0.5, 0.6) is 0 Å². The zero-order chi connectivity index (χ0) is 11.4. The molecular formula is C12H14FNO2. The number of benzene rings is 1. The predicted molar refractivity (Wildman–Crippen MR) is 57.7 cm³/mol. The van der Waals surface area contributed by atoms with Crippen LogP contribution in [0.1, 0.15) is 5.56 Å². The normalized spacial score (nSPS) is 20.7. The SMILES string of the molecule is O=C(Cc1ccc(F)cc1)C1CNCCO1. The summed E-state index contributed by atoms with van der Waals surface area (Å²) >= 11 is 0. The Morgan fingerprint density at radius 3 is 2.81 bits per heavy atom. The van der Waals surface area contributed by atoms with Crippen molar-refractivity contribution in [2.45, 2.75) is 12.5 Å². The largest absolute Gasteiger partial charge is 0.368 e. The molecule has 2 rings (SSSR count). The average molecular weight is 223 g/mol. The number of carbonyl (C=O) groups is 1. The van der Waals surface area contributed by atoms with Crippen molar-refractivity contribution < 1.29 is 13.9 Å². The second-order valence-electron chi connectivity index (χ2n) is 3.83. The Balaban J connectivity index is 1.93. The van der Waals surface area contributed by atoms with E-state index in [1.807, 2.05) is 0 Å². The fraction of sp³-hybridized carbons (Fsp3) is 0.417. The molecule has 4 heteroatoms. The second kappa shape index (κ2) is 5.18. The Kier molecular flexibility index (Phi) is 3.64. The summed E-state index contributed by atoms with van der Waals surface area (Å²) in [6.07, 6.45) is -0.0640. The lowest BCUT2D eigenvalue weighted by Crippen LogP contribution is -2.43. The minimum atomic E-state index is -0.362. The van der Waals surface area contributed by atoms with E-state index in [0.717, 1.165) is 12.1 Å². The van der Waals surface area contributed by atoms with Gasteiger partial charge in [-0.2, -0.15) is 0 Å². The van der Waals surface area contributed by atoms with Crippen molar-refractivity contribution in [2.75, 3.05) is 19.7 Å². The Morgan fingerprint density at radius 2 is 2.19 bits per heavy atom. The van der Waals surface area contributed by atoms with Crippen molar-refractivity contribution in [3.63, 3.8) is 0 Å². The number of nitrogens with one attached hydrogen (secondary N) is 1. The lowest BCUT2D eigenvalue weighted by atomic mass is 10.0. The molecule has 0 aliphatic carbocycles. The molecule has 1 unspecified atom stereocenters. The summed E-state index contributed by atoms with van der Waals surface area (Å²) in [5.74, 6) is -0.245. The van der Waals surface area contributed by atoms with Gasteiger partial charge in [0.15, 0.2) is 5.78 Å². The Labute approximate surface area is 93.6 Å². The van der Waals surface area contributed by atoms with E-state index in [1.54, 1.807) is 12.1 Å². The monoisotopic (exact) mass is 223 g/mol. The molecule has 1 aromatic carbocycles. The Bertz CT molecular complexity index is 358. The van der Waals surface area contributed by atoms with Gasteiger partial charge >= 0.3 is 0 Å². The minimum absolute atomic E-state index is 0.0406. The number of morpholine rings is 1. The second-order valence-corrected chi connectivity index (χ2v) is 3.83. The van der Waals surface area contributed by atoms with Crippen LogP contribution in [0.4, 0.5) is 4.39 Å². The fourth-order valence-corrected chi connectivity index (χ4v) is 1.69. The van der Waals surface area contributed by atoms with Gasteiger partial charge in [0.1, 0.15) is 11.9 Å². The summed E-state index contributed by atoms with van der Waals surface area (Å²) in [5.41, 5.74) is 0.820. The zero-order valence-corrected chi connectivity index (χ0v) is 8.91. The van der Waals surface area contributed by atoms with Gasteiger partial charge in [-0.15, -0.1) is 0 Å². The smallest absolute Gasteiger partial charge is 0.167 e. The summed E-state index contributed by atoms with van der Waals surface area (Å²) in [4.78, 5) is 11.8. The maximum absolute atomic E-state index is 12.7. The molecule has 1 heterocycles. The van der Waals surface area contributed by atoms with Crippen LogP contribution in [0.2, 0.25) is 0 Å². The van der Waals surface area contributed by atoms with Gasteiger partial charge in [0.2, 0.25) is 0 Å². The van der Waals surface area contributed by atoms with Crippen LogP contribution in [-0.2, 0) is 16.0 Å². The number of halogens is 1. The third-order valence-corrected chi connectivity index (χ3v) is 2.58. The molecule has 1 aromatic rings. The minimum Gasteiger partial charge on any atom is -0.368 e. The molecule has 1 aliphatic heterocycles. The molecular weight excluding hydrogens is 209 g/mol. The first-order chi connectivity index (χ1) is 7.75. The first kappa shape index (κ1) is 11.2. The molecule has 16 heavy (non-hydrogen) atoms. The molecule has 0 aromatic heterocycles.